The number of ether oxygens (including phenoxy) is 3. The van der Waals surface area contributed by atoms with Crippen LogP contribution in [-0.2, 0) is 29.2 Å². The fraction of sp³-hybridized carbons (Fsp3) is 0.542. The summed E-state index contributed by atoms with van der Waals surface area (Å²) in [5.74, 6) is -0.813. The summed E-state index contributed by atoms with van der Waals surface area (Å²) in [5.41, 5.74) is -0.539. The van der Waals surface area contributed by atoms with Crippen LogP contribution in [-0.4, -0.2) is 37.9 Å². The predicted octanol–water partition coefficient (Wildman–Crippen LogP) is 5.11. The van der Waals surface area contributed by atoms with Crippen molar-refractivity contribution in [2.75, 3.05) is 14.2 Å². The fourth-order valence-electron chi connectivity index (χ4n) is 3.10. The summed E-state index contributed by atoms with van der Waals surface area (Å²) in [6.45, 7) is 9.12. The Kier molecular flexibility index (Phi) is 10.7. The van der Waals surface area contributed by atoms with E-state index < -0.39 is 23.1 Å². The first-order valence-electron chi connectivity index (χ1n) is 10.5. The molecule has 178 valence electrons. The average molecular weight is 559 g/mol. The standard InChI is InChI=1S/C24H34INO6/c1-16(11-12-19(20(27)30-6)26-22(29)32-23(2,3)4)13-14-24(5,21(28)31-7)17-9-8-10-18(25)15-17/h8-10,12,15-16H,11,13-14H2,1-7H3,(H,26,29)/b19-12-. The third kappa shape index (κ3) is 8.80. The van der Waals surface area contributed by atoms with E-state index >= 15 is 0 Å². The van der Waals surface area contributed by atoms with Crippen LogP contribution in [0.1, 0.15) is 59.4 Å². The van der Waals surface area contributed by atoms with Gasteiger partial charge in [0.2, 0.25) is 0 Å². The van der Waals surface area contributed by atoms with Crippen molar-refractivity contribution >= 4 is 40.6 Å². The summed E-state index contributed by atoms with van der Waals surface area (Å²) in [7, 11) is 2.64. The number of hydrogen-bond donors (Lipinski definition) is 1. The maximum Gasteiger partial charge on any atom is 0.412 e. The number of alkyl carbamates (subject to hydrolysis) is 1. The molecule has 8 heteroatoms. The second-order valence-electron chi connectivity index (χ2n) is 8.95. The van der Waals surface area contributed by atoms with Crippen LogP contribution in [0.15, 0.2) is 36.0 Å². The van der Waals surface area contributed by atoms with Gasteiger partial charge in [0, 0.05) is 3.57 Å². The zero-order chi connectivity index (χ0) is 24.5. The van der Waals surface area contributed by atoms with Gasteiger partial charge >= 0.3 is 18.0 Å². The molecule has 0 heterocycles. The highest BCUT2D eigenvalue weighted by Gasteiger charge is 2.36. The van der Waals surface area contributed by atoms with E-state index in [1.807, 2.05) is 38.1 Å². The van der Waals surface area contributed by atoms with Crippen molar-refractivity contribution < 1.29 is 28.6 Å². The molecule has 2 unspecified atom stereocenters. The van der Waals surface area contributed by atoms with Gasteiger partial charge in [-0.1, -0.05) is 25.1 Å². The van der Waals surface area contributed by atoms with Crippen molar-refractivity contribution in [2.24, 2.45) is 5.92 Å². The van der Waals surface area contributed by atoms with Crippen LogP contribution < -0.4 is 5.32 Å². The van der Waals surface area contributed by atoms with Crippen LogP contribution in [0.4, 0.5) is 4.79 Å². The SMILES string of the molecule is COC(=O)/C(=C/CC(C)CCC(C)(C(=O)OC)c1cccc(I)c1)NC(=O)OC(C)(C)C. The molecule has 0 aliphatic carbocycles. The molecule has 1 amide bonds. The molecule has 1 aromatic rings. The topological polar surface area (TPSA) is 90.9 Å². The van der Waals surface area contributed by atoms with Crippen molar-refractivity contribution in [1.82, 2.24) is 5.32 Å². The summed E-state index contributed by atoms with van der Waals surface area (Å²) in [4.78, 5) is 36.7. The summed E-state index contributed by atoms with van der Waals surface area (Å²) >= 11 is 2.22. The lowest BCUT2D eigenvalue weighted by atomic mass is 9.76. The molecule has 0 saturated carbocycles. The maximum absolute atomic E-state index is 12.6. The zero-order valence-corrected chi connectivity index (χ0v) is 22.1. The number of carbonyl (C=O) groups excluding carboxylic acids is 3. The maximum atomic E-state index is 12.6. The Morgan fingerprint density at radius 1 is 1.12 bits per heavy atom. The molecule has 0 spiro atoms. The Morgan fingerprint density at radius 2 is 1.78 bits per heavy atom. The quantitative estimate of drug-likeness (QED) is 0.196. The third-order valence-electron chi connectivity index (χ3n) is 5.00. The number of rotatable bonds is 9. The minimum absolute atomic E-state index is 0.0296. The second-order valence-corrected chi connectivity index (χ2v) is 10.2. The molecule has 32 heavy (non-hydrogen) atoms. The first-order valence-corrected chi connectivity index (χ1v) is 11.5. The Hall–Kier alpha value is -2.10. The highest BCUT2D eigenvalue weighted by molar-refractivity contribution is 14.1. The molecule has 0 fully saturated rings. The van der Waals surface area contributed by atoms with Crippen molar-refractivity contribution in [3.8, 4) is 0 Å². The molecule has 0 radical (unpaired) electrons. The number of nitrogens with one attached hydrogen (secondary N) is 1. The minimum atomic E-state index is -0.784. The molecule has 0 aromatic heterocycles. The summed E-state index contributed by atoms with van der Waals surface area (Å²) in [6, 6.07) is 7.82. The number of esters is 2. The summed E-state index contributed by atoms with van der Waals surface area (Å²) in [5, 5.41) is 2.46. The monoisotopic (exact) mass is 559 g/mol. The van der Waals surface area contributed by atoms with Crippen LogP contribution >= 0.6 is 22.6 Å². The van der Waals surface area contributed by atoms with Gasteiger partial charge in [-0.2, -0.15) is 0 Å². The van der Waals surface area contributed by atoms with Crippen LogP contribution in [0.5, 0.6) is 0 Å². The van der Waals surface area contributed by atoms with E-state index in [9.17, 15) is 14.4 Å². The Bertz CT molecular complexity index is 845. The highest BCUT2D eigenvalue weighted by atomic mass is 127. The molecule has 7 nitrogen and oxygen atoms in total. The highest BCUT2D eigenvalue weighted by Crippen LogP contribution is 2.33. The largest absolute Gasteiger partial charge is 0.468 e. The van der Waals surface area contributed by atoms with Crippen molar-refractivity contribution in [3.63, 3.8) is 0 Å². The summed E-state index contributed by atoms with van der Waals surface area (Å²) in [6.07, 6.45) is 2.68. The normalized spacial score (nSPS) is 14.7. The smallest absolute Gasteiger partial charge is 0.412 e. The predicted molar refractivity (Wildman–Crippen MR) is 131 cm³/mol. The van der Waals surface area contributed by atoms with Crippen molar-refractivity contribution in [3.05, 3.63) is 45.2 Å². The van der Waals surface area contributed by atoms with E-state index in [1.54, 1.807) is 26.8 Å². The minimum Gasteiger partial charge on any atom is -0.468 e. The van der Waals surface area contributed by atoms with Gasteiger partial charge in [0.15, 0.2) is 0 Å². The van der Waals surface area contributed by atoms with E-state index in [-0.39, 0.29) is 17.6 Å². The molecular weight excluding hydrogens is 525 g/mol. The molecule has 1 N–H and O–H groups in total. The first kappa shape index (κ1) is 27.9. The van der Waals surface area contributed by atoms with E-state index in [1.165, 1.54) is 14.2 Å². The number of benzene rings is 1. The van der Waals surface area contributed by atoms with Crippen LogP contribution in [0.3, 0.4) is 0 Å². The lowest BCUT2D eigenvalue weighted by Crippen LogP contribution is -2.35. The molecule has 0 aliphatic rings. The van der Waals surface area contributed by atoms with Gasteiger partial charge in [-0.25, -0.2) is 9.59 Å². The van der Waals surface area contributed by atoms with E-state index in [4.69, 9.17) is 14.2 Å². The van der Waals surface area contributed by atoms with Gasteiger partial charge in [0.05, 0.1) is 19.6 Å². The first-order chi connectivity index (χ1) is 14.8. The second kappa shape index (κ2) is 12.2. The molecule has 1 aromatic carbocycles. The van der Waals surface area contributed by atoms with E-state index in [2.05, 4.69) is 27.9 Å². The van der Waals surface area contributed by atoms with Crippen LogP contribution in [0, 0.1) is 9.49 Å². The van der Waals surface area contributed by atoms with E-state index in [0.717, 1.165) is 9.13 Å². The number of allylic oxidation sites excluding steroid dienone is 1. The third-order valence-corrected chi connectivity index (χ3v) is 5.67. The van der Waals surface area contributed by atoms with E-state index in [0.29, 0.717) is 19.3 Å². The molecule has 0 aliphatic heterocycles. The number of hydrogen-bond acceptors (Lipinski definition) is 6. The molecule has 0 saturated heterocycles. The molecular formula is C24H34INO6. The average Bonchev–Trinajstić information content (AvgIpc) is 2.72. The molecule has 0 bridgehead atoms. The lowest BCUT2D eigenvalue weighted by molar-refractivity contribution is -0.147. The van der Waals surface area contributed by atoms with Gasteiger partial charge in [0.1, 0.15) is 11.3 Å². The molecule has 2 atom stereocenters. The van der Waals surface area contributed by atoms with Gasteiger partial charge in [-0.05, 0) is 93.2 Å². The van der Waals surface area contributed by atoms with Gasteiger partial charge in [-0.3, -0.25) is 10.1 Å². The Balaban J connectivity index is 2.90. The van der Waals surface area contributed by atoms with Crippen LogP contribution in [0.2, 0.25) is 0 Å². The fourth-order valence-corrected chi connectivity index (χ4v) is 3.65. The Morgan fingerprint density at radius 3 is 2.31 bits per heavy atom. The number of halogens is 1. The van der Waals surface area contributed by atoms with Gasteiger partial charge in [-0.15, -0.1) is 0 Å². The van der Waals surface area contributed by atoms with Crippen molar-refractivity contribution in [2.45, 2.75) is 64.9 Å². The van der Waals surface area contributed by atoms with Crippen molar-refractivity contribution in [1.29, 1.82) is 0 Å². The number of amides is 1. The zero-order valence-electron chi connectivity index (χ0n) is 19.9. The number of carbonyl (C=O) groups is 3. The van der Waals surface area contributed by atoms with Gasteiger partial charge in [0.25, 0.3) is 0 Å². The van der Waals surface area contributed by atoms with Gasteiger partial charge < -0.3 is 14.2 Å². The Labute approximate surface area is 204 Å². The van der Waals surface area contributed by atoms with Crippen LogP contribution in [0.25, 0.3) is 0 Å². The number of methoxy groups -OCH3 is 2. The summed E-state index contributed by atoms with van der Waals surface area (Å²) < 4.78 is 16.1. The lowest BCUT2D eigenvalue weighted by Gasteiger charge is -2.28. The molecule has 1 rings (SSSR count).